The summed E-state index contributed by atoms with van der Waals surface area (Å²) >= 11 is 0. The first-order valence-electron chi connectivity index (χ1n) is 16.9. The monoisotopic (exact) mass is 654 g/mol. The van der Waals surface area contributed by atoms with Gasteiger partial charge in [0.05, 0.1) is 33.5 Å². The van der Waals surface area contributed by atoms with Crippen molar-refractivity contribution in [3.8, 4) is 33.9 Å². The highest BCUT2D eigenvalue weighted by atomic mass is 16.3. The minimum Gasteiger partial charge on any atom is -0.453 e. The summed E-state index contributed by atoms with van der Waals surface area (Å²) in [5, 5.41) is 4.52. The van der Waals surface area contributed by atoms with Gasteiger partial charge in [0, 0.05) is 68.8 Å². The van der Waals surface area contributed by atoms with Crippen LogP contribution in [-0.2, 0) is 0 Å². The minimum absolute atomic E-state index is 0.705. The number of aromatic nitrogens is 6. The molecule has 0 bridgehead atoms. The van der Waals surface area contributed by atoms with Crippen LogP contribution in [0.4, 0.5) is 0 Å². The van der Waals surface area contributed by atoms with Gasteiger partial charge >= 0.3 is 0 Å². The van der Waals surface area contributed by atoms with Crippen molar-refractivity contribution < 1.29 is 4.42 Å². The molecule has 0 saturated heterocycles. The maximum Gasteiger partial charge on any atom is 0.155 e. The zero-order valence-corrected chi connectivity index (χ0v) is 27.1. The van der Waals surface area contributed by atoms with E-state index in [9.17, 15) is 0 Å². The van der Waals surface area contributed by atoms with Gasteiger partial charge in [-0.05, 0) is 72.8 Å². The van der Waals surface area contributed by atoms with Gasteiger partial charge in [-0.3, -0.25) is 9.97 Å². The van der Waals surface area contributed by atoms with Crippen LogP contribution in [0.25, 0.3) is 99.7 Å². The Labute approximate surface area is 290 Å². The summed E-state index contributed by atoms with van der Waals surface area (Å²) in [6.45, 7) is 0. The van der Waals surface area contributed by atoms with Gasteiger partial charge in [-0.25, -0.2) is 9.97 Å². The molecule has 0 unspecified atom stereocenters. The van der Waals surface area contributed by atoms with Crippen molar-refractivity contribution in [3.05, 3.63) is 158 Å². The molecule has 0 amide bonds. The number of benzene rings is 4. The van der Waals surface area contributed by atoms with Crippen LogP contribution in [-0.4, -0.2) is 29.1 Å². The van der Waals surface area contributed by atoms with Gasteiger partial charge < -0.3 is 13.6 Å². The molecule has 11 rings (SSSR count). The summed E-state index contributed by atoms with van der Waals surface area (Å²) in [5.41, 5.74) is 13.2. The molecule has 7 nitrogen and oxygen atoms in total. The quantitative estimate of drug-likeness (QED) is 0.189. The Bertz CT molecular complexity index is 2930. The second kappa shape index (κ2) is 10.7. The zero-order valence-electron chi connectivity index (χ0n) is 27.1. The first-order chi connectivity index (χ1) is 25.3. The molecule has 7 heterocycles. The lowest BCUT2D eigenvalue weighted by molar-refractivity contribution is 0.667. The van der Waals surface area contributed by atoms with Crippen molar-refractivity contribution in [3.63, 3.8) is 0 Å². The van der Waals surface area contributed by atoms with E-state index in [1.807, 2.05) is 61.2 Å². The molecule has 0 spiro atoms. The number of pyridine rings is 4. The van der Waals surface area contributed by atoms with Crippen molar-refractivity contribution in [2.24, 2.45) is 0 Å². The largest absolute Gasteiger partial charge is 0.453 e. The van der Waals surface area contributed by atoms with Crippen LogP contribution in [0.3, 0.4) is 0 Å². The van der Waals surface area contributed by atoms with E-state index < -0.39 is 0 Å². The van der Waals surface area contributed by atoms with Crippen molar-refractivity contribution >= 4 is 65.8 Å². The van der Waals surface area contributed by atoms with E-state index in [1.54, 1.807) is 0 Å². The van der Waals surface area contributed by atoms with Crippen molar-refractivity contribution in [1.29, 1.82) is 0 Å². The molecule has 0 radical (unpaired) electrons. The fraction of sp³-hybridized carbons (Fsp3) is 0. The third-order valence-corrected chi connectivity index (χ3v) is 9.92. The molecular formula is C44H26N6O. The number of nitrogens with zero attached hydrogens (tertiary/aromatic N) is 6. The van der Waals surface area contributed by atoms with Crippen LogP contribution in [0, 0.1) is 0 Å². The molecule has 0 aliphatic heterocycles. The molecule has 7 heteroatoms. The van der Waals surface area contributed by atoms with E-state index >= 15 is 0 Å². The number of fused-ring (bicyclic) bond motifs is 9. The van der Waals surface area contributed by atoms with Gasteiger partial charge in [-0.1, -0.05) is 60.7 Å². The van der Waals surface area contributed by atoms with E-state index in [4.69, 9.17) is 14.4 Å². The highest BCUT2D eigenvalue weighted by Crippen LogP contribution is 2.37. The van der Waals surface area contributed by atoms with E-state index in [0.29, 0.717) is 11.2 Å². The standard InChI is InChI=1S/C44H26N6O/c1-3-7-29(8-4-1)49-37-19-21-45-25-33(37)31-13-11-27(23-39(31)49)35-15-17-41-43(47-35)44-42(51-41)18-16-36(48-44)28-12-14-32-34-26-46-22-20-38(34)50(40(32)24-28)30-9-5-2-6-10-30/h1-26H. The highest BCUT2D eigenvalue weighted by molar-refractivity contribution is 6.11. The van der Waals surface area contributed by atoms with Gasteiger partial charge in [0.1, 0.15) is 11.0 Å². The summed E-state index contributed by atoms with van der Waals surface area (Å²) in [7, 11) is 0. The SMILES string of the molecule is c1ccc(-n2c3ccncc3c3ccc(-c4ccc5oc6ccc(-c7ccc8c9cnccc9n(-c9ccccc9)c8c7)nc6c5n4)cc32)cc1. The molecule has 0 atom stereocenters. The minimum atomic E-state index is 0.705. The zero-order chi connectivity index (χ0) is 33.5. The van der Waals surface area contributed by atoms with Crippen LogP contribution in [0.15, 0.2) is 163 Å². The van der Waals surface area contributed by atoms with Crippen LogP contribution >= 0.6 is 0 Å². The summed E-state index contributed by atoms with van der Waals surface area (Å²) in [6, 6.07) is 46.1. The lowest BCUT2D eigenvalue weighted by atomic mass is 10.1. The second-order valence-electron chi connectivity index (χ2n) is 12.8. The Kier molecular flexibility index (Phi) is 5.83. The topological polar surface area (TPSA) is 74.6 Å². The summed E-state index contributed by atoms with van der Waals surface area (Å²) in [5.74, 6) is 0. The summed E-state index contributed by atoms with van der Waals surface area (Å²) in [6.07, 6.45) is 7.58. The lowest BCUT2D eigenvalue weighted by Crippen LogP contribution is -1.94. The van der Waals surface area contributed by atoms with E-state index in [2.05, 4.69) is 116 Å². The third kappa shape index (κ3) is 4.18. The number of furan rings is 1. The molecule has 51 heavy (non-hydrogen) atoms. The Morgan fingerprint density at radius 2 is 0.882 bits per heavy atom. The molecule has 238 valence electrons. The average molecular weight is 655 g/mol. The van der Waals surface area contributed by atoms with Crippen molar-refractivity contribution in [2.45, 2.75) is 0 Å². The van der Waals surface area contributed by atoms with Gasteiger partial charge in [-0.2, -0.15) is 0 Å². The average Bonchev–Trinajstić information content (AvgIpc) is 3.85. The normalized spacial score (nSPS) is 11.9. The Morgan fingerprint density at radius 1 is 0.412 bits per heavy atom. The highest BCUT2D eigenvalue weighted by Gasteiger charge is 2.18. The van der Waals surface area contributed by atoms with Gasteiger partial charge in [0.15, 0.2) is 11.2 Å². The first-order valence-corrected chi connectivity index (χ1v) is 16.9. The van der Waals surface area contributed by atoms with E-state index in [0.717, 1.165) is 88.5 Å². The first kappa shape index (κ1) is 27.8. The fourth-order valence-corrected chi connectivity index (χ4v) is 7.59. The molecule has 0 aliphatic carbocycles. The summed E-state index contributed by atoms with van der Waals surface area (Å²) < 4.78 is 10.8. The van der Waals surface area contributed by atoms with Gasteiger partial charge in [-0.15, -0.1) is 0 Å². The van der Waals surface area contributed by atoms with Crippen molar-refractivity contribution in [1.82, 2.24) is 29.1 Å². The maximum absolute atomic E-state index is 6.26. The maximum atomic E-state index is 6.26. The molecule has 11 aromatic rings. The van der Waals surface area contributed by atoms with Crippen LogP contribution in [0.2, 0.25) is 0 Å². The van der Waals surface area contributed by atoms with Gasteiger partial charge in [0.2, 0.25) is 0 Å². The van der Waals surface area contributed by atoms with Crippen LogP contribution in [0.5, 0.6) is 0 Å². The lowest BCUT2D eigenvalue weighted by Gasteiger charge is -2.09. The Hall–Kier alpha value is -7.12. The van der Waals surface area contributed by atoms with E-state index in [1.165, 1.54) is 0 Å². The number of rotatable bonds is 4. The second-order valence-corrected chi connectivity index (χ2v) is 12.8. The molecule has 0 saturated carbocycles. The number of para-hydroxylation sites is 2. The molecule has 0 aliphatic rings. The Morgan fingerprint density at radius 3 is 1.35 bits per heavy atom. The van der Waals surface area contributed by atoms with E-state index in [-0.39, 0.29) is 0 Å². The molecule has 7 aromatic heterocycles. The predicted molar refractivity (Wildman–Crippen MR) is 204 cm³/mol. The molecule has 0 fully saturated rings. The third-order valence-electron chi connectivity index (χ3n) is 9.92. The van der Waals surface area contributed by atoms with Gasteiger partial charge in [0.25, 0.3) is 0 Å². The smallest absolute Gasteiger partial charge is 0.155 e. The number of hydrogen-bond acceptors (Lipinski definition) is 5. The Balaban J connectivity index is 1.07. The predicted octanol–water partition coefficient (Wildman–Crippen LogP) is 10.7. The summed E-state index contributed by atoms with van der Waals surface area (Å²) in [4.78, 5) is 19.2. The molecular weight excluding hydrogens is 629 g/mol. The van der Waals surface area contributed by atoms with Crippen molar-refractivity contribution in [2.75, 3.05) is 0 Å². The molecule has 0 N–H and O–H groups in total. The fourth-order valence-electron chi connectivity index (χ4n) is 7.59. The molecule has 4 aromatic carbocycles. The number of hydrogen-bond donors (Lipinski definition) is 0. The van der Waals surface area contributed by atoms with Crippen LogP contribution < -0.4 is 0 Å². The van der Waals surface area contributed by atoms with Crippen LogP contribution in [0.1, 0.15) is 0 Å².